The van der Waals surface area contributed by atoms with Gasteiger partial charge in [-0.3, -0.25) is 0 Å². The molecule has 1 fully saturated rings. The van der Waals surface area contributed by atoms with E-state index in [0.717, 1.165) is 42.4 Å². The van der Waals surface area contributed by atoms with Gasteiger partial charge in [-0.15, -0.1) is 0 Å². The van der Waals surface area contributed by atoms with Crippen LogP contribution in [0.25, 0.3) is 0 Å². The van der Waals surface area contributed by atoms with Crippen molar-refractivity contribution in [1.29, 1.82) is 0 Å². The summed E-state index contributed by atoms with van der Waals surface area (Å²) in [4.78, 5) is 2.52. The number of nitrogens with one attached hydrogen (secondary N) is 1. The van der Waals surface area contributed by atoms with Crippen molar-refractivity contribution in [3.05, 3.63) is 23.2 Å². The Morgan fingerprint density at radius 2 is 2.00 bits per heavy atom. The molecule has 19 heavy (non-hydrogen) atoms. The van der Waals surface area contributed by atoms with E-state index in [2.05, 4.69) is 24.1 Å². The molecule has 4 heteroatoms. The quantitative estimate of drug-likeness (QED) is 0.913. The van der Waals surface area contributed by atoms with Crippen LogP contribution in [0.2, 0.25) is 5.02 Å². The van der Waals surface area contributed by atoms with E-state index in [0.29, 0.717) is 12.1 Å². The van der Waals surface area contributed by atoms with E-state index in [1.54, 1.807) is 7.11 Å². The van der Waals surface area contributed by atoms with Crippen molar-refractivity contribution in [2.24, 2.45) is 0 Å². The van der Waals surface area contributed by atoms with Gasteiger partial charge in [-0.05, 0) is 44.9 Å². The number of benzene rings is 1. The monoisotopic (exact) mass is 282 g/mol. The lowest BCUT2D eigenvalue weighted by atomic mass is 10.0. The second-order valence-corrected chi connectivity index (χ2v) is 5.83. The van der Waals surface area contributed by atoms with Gasteiger partial charge in [0.2, 0.25) is 0 Å². The lowest BCUT2D eigenvalue weighted by Gasteiger charge is -2.35. The summed E-state index contributed by atoms with van der Waals surface area (Å²) < 4.78 is 5.37. The van der Waals surface area contributed by atoms with E-state index < -0.39 is 0 Å². The molecule has 0 aliphatic carbocycles. The van der Waals surface area contributed by atoms with Gasteiger partial charge < -0.3 is 15.0 Å². The van der Waals surface area contributed by atoms with Crippen molar-refractivity contribution < 1.29 is 4.74 Å². The van der Waals surface area contributed by atoms with Crippen LogP contribution in [-0.4, -0.2) is 37.2 Å². The third kappa shape index (κ3) is 3.77. The van der Waals surface area contributed by atoms with Crippen LogP contribution in [0.4, 0.5) is 5.69 Å². The van der Waals surface area contributed by atoms with Gasteiger partial charge in [0.1, 0.15) is 5.75 Å². The summed E-state index contributed by atoms with van der Waals surface area (Å²) >= 11 is 6.05. The standard InChI is InChI=1S/C15H23ClN2O/c1-11(2)18-8-6-13(7-9-18)17-14-10-12(16)4-5-15(14)19-3/h4-5,10-11,13,17H,6-9H2,1-3H3. The van der Waals surface area contributed by atoms with Gasteiger partial charge in [-0.25, -0.2) is 0 Å². The first-order valence-electron chi connectivity index (χ1n) is 6.94. The van der Waals surface area contributed by atoms with Crippen LogP contribution in [-0.2, 0) is 0 Å². The smallest absolute Gasteiger partial charge is 0.142 e. The topological polar surface area (TPSA) is 24.5 Å². The fourth-order valence-electron chi connectivity index (χ4n) is 2.57. The van der Waals surface area contributed by atoms with Crippen LogP contribution >= 0.6 is 11.6 Å². The Hall–Kier alpha value is -0.930. The minimum atomic E-state index is 0.502. The number of nitrogens with zero attached hydrogens (tertiary/aromatic N) is 1. The molecule has 1 aliphatic heterocycles. The molecule has 3 nitrogen and oxygen atoms in total. The highest BCUT2D eigenvalue weighted by Crippen LogP contribution is 2.29. The Bertz CT molecular complexity index is 415. The minimum Gasteiger partial charge on any atom is -0.495 e. The first-order chi connectivity index (χ1) is 9.10. The third-order valence-corrected chi connectivity index (χ3v) is 4.02. The molecule has 0 atom stereocenters. The molecular formula is C15H23ClN2O. The van der Waals surface area contributed by atoms with E-state index in [4.69, 9.17) is 16.3 Å². The molecular weight excluding hydrogens is 260 g/mol. The van der Waals surface area contributed by atoms with Gasteiger partial charge in [0.25, 0.3) is 0 Å². The van der Waals surface area contributed by atoms with Crippen LogP contribution in [0.1, 0.15) is 26.7 Å². The maximum atomic E-state index is 6.05. The summed E-state index contributed by atoms with van der Waals surface area (Å²) in [5.74, 6) is 0.857. The van der Waals surface area contributed by atoms with E-state index in [9.17, 15) is 0 Å². The van der Waals surface area contributed by atoms with Gasteiger partial charge in [-0.1, -0.05) is 11.6 Å². The highest BCUT2D eigenvalue weighted by atomic mass is 35.5. The predicted molar refractivity (Wildman–Crippen MR) is 81.4 cm³/mol. The summed E-state index contributed by atoms with van der Waals surface area (Å²) in [6.07, 6.45) is 2.32. The first-order valence-corrected chi connectivity index (χ1v) is 7.32. The molecule has 106 valence electrons. The minimum absolute atomic E-state index is 0.502. The Balaban J connectivity index is 1.97. The first kappa shape index (κ1) is 14.5. The number of halogens is 1. The van der Waals surface area contributed by atoms with Crippen LogP contribution in [0.15, 0.2) is 18.2 Å². The van der Waals surface area contributed by atoms with Crippen molar-refractivity contribution in [2.75, 3.05) is 25.5 Å². The highest BCUT2D eigenvalue weighted by molar-refractivity contribution is 6.30. The summed E-state index contributed by atoms with van der Waals surface area (Å²) in [5.41, 5.74) is 0.998. The average Bonchev–Trinajstić information content (AvgIpc) is 2.39. The van der Waals surface area contributed by atoms with Crippen molar-refractivity contribution in [3.8, 4) is 5.75 Å². The van der Waals surface area contributed by atoms with Crippen molar-refractivity contribution in [3.63, 3.8) is 0 Å². The Labute approximate surface area is 120 Å². The van der Waals surface area contributed by atoms with Crippen LogP contribution in [0.3, 0.4) is 0 Å². The normalized spacial score (nSPS) is 17.7. The fourth-order valence-corrected chi connectivity index (χ4v) is 2.75. The molecule has 0 amide bonds. The number of hydrogen-bond donors (Lipinski definition) is 1. The fraction of sp³-hybridized carbons (Fsp3) is 0.600. The van der Waals surface area contributed by atoms with Crippen LogP contribution < -0.4 is 10.1 Å². The number of likely N-dealkylation sites (tertiary alicyclic amines) is 1. The summed E-state index contributed by atoms with van der Waals surface area (Å²) in [6, 6.07) is 6.85. The Morgan fingerprint density at radius 3 is 2.58 bits per heavy atom. The SMILES string of the molecule is COc1ccc(Cl)cc1NC1CCN(C(C)C)CC1. The van der Waals surface area contributed by atoms with Gasteiger partial charge >= 0.3 is 0 Å². The zero-order valence-electron chi connectivity index (χ0n) is 11.9. The van der Waals surface area contributed by atoms with Crippen LogP contribution in [0, 0.1) is 0 Å². The van der Waals surface area contributed by atoms with E-state index in [-0.39, 0.29) is 0 Å². The van der Waals surface area contributed by atoms with E-state index >= 15 is 0 Å². The number of rotatable bonds is 4. The molecule has 1 heterocycles. The molecule has 2 rings (SSSR count). The second-order valence-electron chi connectivity index (χ2n) is 5.39. The van der Waals surface area contributed by atoms with E-state index in [1.807, 2.05) is 18.2 Å². The number of anilines is 1. The molecule has 0 bridgehead atoms. The molecule has 1 aromatic rings. The van der Waals surface area contributed by atoms with Crippen molar-refractivity contribution in [2.45, 2.75) is 38.8 Å². The van der Waals surface area contributed by atoms with E-state index in [1.165, 1.54) is 0 Å². The summed E-state index contributed by atoms with van der Waals surface area (Å²) in [6.45, 7) is 6.82. The van der Waals surface area contributed by atoms with Gasteiger partial charge in [0.05, 0.1) is 12.8 Å². The molecule has 0 saturated carbocycles. The second kappa shape index (κ2) is 6.49. The Kier molecular flexibility index (Phi) is 4.94. The van der Waals surface area contributed by atoms with Gasteiger partial charge in [0, 0.05) is 30.2 Å². The molecule has 0 unspecified atom stereocenters. The van der Waals surface area contributed by atoms with Crippen molar-refractivity contribution >= 4 is 17.3 Å². The molecule has 1 saturated heterocycles. The highest BCUT2D eigenvalue weighted by Gasteiger charge is 2.21. The maximum Gasteiger partial charge on any atom is 0.142 e. The van der Waals surface area contributed by atoms with Gasteiger partial charge in [-0.2, -0.15) is 0 Å². The molecule has 0 radical (unpaired) electrons. The van der Waals surface area contributed by atoms with Gasteiger partial charge in [0.15, 0.2) is 0 Å². The summed E-state index contributed by atoms with van der Waals surface area (Å²) in [5, 5.41) is 4.30. The largest absolute Gasteiger partial charge is 0.495 e. The number of ether oxygens (including phenoxy) is 1. The third-order valence-electron chi connectivity index (χ3n) is 3.78. The average molecular weight is 283 g/mol. The molecule has 0 aromatic heterocycles. The zero-order valence-corrected chi connectivity index (χ0v) is 12.7. The Morgan fingerprint density at radius 1 is 1.32 bits per heavy atom. The number of hydrogen-bond acceptors (Lipinski definition) is 3. The molecule has 1 aliphatic rings. The molecule has 0 spiro atoms. The molecule has 1 N–H and O–H groups in total. The molecule has 1 aromatic carbocycles. The zero-order chi connectivity index (χ0) is 13.8. The maximum absolute atomic E-state index is 6.05. The number of piperidine rings is 1. The van der Waals surface area contributed by atoms with Crippen LogP contribution in [0.5, 0.6) is 5.75 Å². The lowest BCUT2D eigenvalue weighted by molar-refractivity contribution is 0.177. The van der Waals surface area contributed by atoms with Crippen molar-refractivity contribution in [1.82, 2.24) is 4.90 Å². The predicted octanol–water partition coefficient (Wildman–Crippen LogP) is 3.63. The number of methoxy groups -OCH3 is 1. The summed E-state index contributed by atoms with van der Waals surface area (Å²) in [7, 11) is 1.69. The lowest BCUT2D eigenvalue weighted by Crippen LogP contribution is -2.42.